The fourth-order valence-electron chi connectivity index (χ4n) is 9.02. The highest BCUT2D eigenvalue weighted by molar-refractivity contribution is 6.01. The van der Waals surface area contributed by atoms with Crippen LogP contribution in [0.2, 0.25) is 0 Å². The first-order chi connectivity index (χ1) is 21.2. The number of unbranched alkanes of at least 4 members (excludes halogenated alkanes) is 2. The molecule has 9 atom stereocenters. The van der Waals surface area contributed by atoms with Crippen molar-refractivity contribution in [2.45, 2.75) is 90.7 Å². The number of nitrogens with one attached hydrogen (secondary N) is 1. The van der Waals surface area contributed by atoms with E-state index in [1.165, 1.54) is 0 Å². The maximum atomic E-state index is 13.6. The number of rotatable bonds is 14. The zero-order valence-electron chi connectivity index (χ0n) is 26.1. The number of aliphatic hydroxyl groups is 1. The number of hydrogen-bond donors (Lipinski definition) is 3. The van der Waals surface area contributed by atoms with Crippen molar-refractivity contribution in [1.82, 2.24) is 5.32 Å². The number of ketones is 2. The van der Waals surface area contributed by atoms with Gasteiger partial charge in [0.05, 0.1) is 19.1 Å². The lowest BCUT2D eigenvalue weighted by Crippen LogP contribution is -2.56. The minimum atomic E-state index is -1.54. The molecule has 248 valence electrons. The molecular formula is C32H44N2O11. The van der Waals surface area contributed by atoms with Crippen LogP contribution in [0.3, 0.4) is 0 Å². The third-order valence-corrected chi connectivity index (χ3v) is 10.8. The Bertz CT molecular complexity index is 1280. The third kappa shape index (κ3) is 7.29. The monoisotopic (exact) mass is 632 g/mol. The van der Waals surface area contributed by atoms with Gasteiger partial charge in [-0.15, -0.1) is 10.1 Å². The molecule has 0 bridgehead atoms. The van der Waals surface area contributed by atoms with Gasteiger partial charge in [-0.1, -0.05) is 38.8 Å². The molecule has 4 rings (SSSR count). The van der Waals surface area contributed by atoms with Crippen molar-refractivity contribution in [1.29, 1.82) is 0 Å². The van der Waals surface area contributed by atoms with Crippen LogP contribution in [0.4, 0.5) is 0 Å². The summed E-state index contributed by atoms with van der Waals surface area (Å²) in [5.41, 5.74) is 0.130. The van der Waals surface area contributed by atoms with Gasteiger partial charge < -0.3 is 25.1 Å². The van der Waals surface area contributed by atoms with Gasteiger partial charge in [0.15, 0.2) is 11.6 Å². The van der Waals surface area contributed by atoms with E-state index in [4.69, 9.17) is 4.74 Å². The highest BCUT2D eigenvalue weighted by Gasteiger charge is 2.64. The third-order valence-electron chi connectivity index (χ3n) is 10.8. The topological polar surface area (TPSA) is 199 Å². The number of ether oxygens (including phenoxy) is 1. The molecule has 0 aliphatic heterocycles. The molecule has 45 heavy (non-hydrogen) atoms. The summed E-state index contributed by atoms with van der Waals surface area (Å²) < 4.78 is 5.24. The Morgan fingerprint density at radius 1 is 1.20 bits per heavy atom. The summed E-state index contributed by atoms with van der Waals surface area (Å²) in [6, 6.07) is -1.54. The number of allylic oxidation sites excluding steroid dienone is 4. The molecule has 0 aromatic heterocycles. The standard InChI is InChI=1S/C32H44N2O11/c1-18-13-22-21-9-8-19-14-20(35)10-11-31(19,2)29(21)24(36)16-32(22,3)28(18)25(37)17-44-27(39)15-23(30(40)41)33-26(38)7-5-4-6-12-45-34(42)43/h10-11,14,18,21-24,28-29,36H,4-9,12-13,15-17H2,1-3H3,(H,33,38)(H,40,41). The summed E-state index contributed by atoms with van der Waals surface area (Å²) >= 11 is 0. The summed E-state index contributed by atoms with van der Waals surface area (Å²) in [6.45, 7) is 5.52. The number of nitrogens with zero attached hydrogens (tertiary/aromatic N) is 1. The van der Waals surface area contributed by atoms with Gasteiger partial charge >= 0.3 is 11.9 Å². The average molecular weight is 633 g/mol. The number of carboxylic acids is 1. The lowest BCUT2D eigenvalue weighted by molar-refractivity contribution is -0.757. The number of Topliss-reactive ketones (excluding diaryl/α,β-unsaturated/α-hetero) is 1. The molecule has 4 aliphatic carbocycles. The van der Waals surface area contributed by atoms with E-state index < -0.39 is 64.9 Å². The van der Waals surface area contributed by atoms with E-state index >= 15 is 0 Å². The quantitative estimate of drug-likeness (QED) is 0.110. The van der Waals surface area contributed by atoms with Gasteiger partial charge in [-0.05, 0) is 73.8 Å². The highest BCUT2D eigenvalue weighted by atomic mass is 16.9. The first-order valence-corrected chi connectivity index (χ1v) is 15.8. The zero-order chi connectivity index (χ0) is 33.1. The molecule has 4 aliphatic rings. The fourth-order valence-corrected chi connectivity index (χ4v) is 9.02. The van der Waals surface area contributed by atoms with Crippen LogP contribution in [-0.2, 0) is 33.5 Å². The van der Waals surface area contributed by atoms with Crippen LogP contribution in [0.1, 0.15) is 78.6 Å². The van der Waals surface area contributed by atoms with Gasteiger partial charge in [0, 0.05) is 23.7 Å². The summed E-state index contributed by atoms with van der Waals surface area (Å²) in [5.74, 6) is -3.44. The second kappa shape index (κ2) is 13.8. The molecule has 3 N–H and O–H groups in total. The molecule has 0 spiro atoms. The lowest BCUT2D eigenvalue weighted by atomic mass is 9.46. The Morgan fingerprint density at radius 2 is 1.93 bits per heavy atom. The van der Waals surface area contributed by atoms with Crippen LogP contribution in [-0.4, -0.2) is 70.1 Å². The molecule has 3 fully saturated rings. The minimum Gasteiger partial charge on any atom is -0.480 e. The van der Waals surface area contributed by atoms with E-state index in [1.54, 1.807) is 12.2 Å². The van der Waals surface area contributed by atoms with E-state index in [1.807, 2.05) is 19.9 Å². The Balaban J connectivity index is 1.31. The SMILES string of the molecule is CC1CC2C3CCC4=CC(=O)C=CC4(C)C3C(O)CC2(C)C1C(=O)COC(=O)CC(NC(=O)CCCCCO[N+](=O)[O-])C(=O)O. The van der Waals surface area contributed by atoms with Gasteiger partial charge in [-0.25, -0.2) is 4.79 Å². The van der Waals surface area contributed by atoms with Crippen LogP contribution in [0.25, 0.3) is 0 Å². The molecule has 13 nitrogen and oxygen atoms in total. The molecule has 0 aromatic carbocycles. The normalized spacial score (nSPS) is 34.0. The first kappa shape index (κ1) is 34.3. The number of fused-ring (bicyclic) bond motifs is 5. The zero-order valence-corrected chi connectivity index (χ0v) is 26.1. The van der Waals surface area contributed by atoms with Gasteiger partial charge in [-0.2, -0.15) is 0 Å². The summed E-state index contributed by atoms with van der Waals surface area (Å²) in [6.07, 6.45) is 7.82. The smallest absolute Gasteiger partial charge is 0.326 e. The predicted molar refractivity (Wildman–Crippen MR) is 158 cm³/mol. The first-order valence-electron chi connectivity index (χ1n) is 15.8. The number of amides is 1. The molecule has 0 radical (unpaired) electrons. The fraction of sp³-hybridized carbons (Fsp3) is 0.719. The average Bonchev–Trinajstić information content (AvgIpc) is 3.22. The summed E-state index contributed by atoms with van der Waals surface area (Å²) in [5, 5.41) is 32.6. The number of esters is 1. The van der Waals surface area contributed by atoms with E-state index in [-0.39, 0.29) is 48.3 Å². The summed E-state index contributed by atoms with van der Waals surface area (Å²) in [4.78, 5) is 76.5. The van der Waals surface area contributed by atoms with Crippen LogP contribution in [0.5, 0.6) is 0 Å². The van der Waals surface area contributed by atoms with Gasteiger partial charge in [-0.3, -0.25) is 19.2 Å². The molecular weight excluding hydrogens is 588 g/mol. The van der Waals surface area contributed by atoms with E-state index in [9.17, 15) is 44.3 Å². The van der Waals surface area contributed by atoms with E-state index in [0.29, 0.717) is 25.7 Å². The maximum absolute atomic E-state index is 13.6. The van der Waals surface area contributed by atoms with Gasteiger partial charge in [0.1, 0.15) is 12.6 Å². The summed E-state index contributed by atoms with van der Waals surface area (Å²) in [7, 11) is 0. The van der Waals surface area contributed by atoms with E-state index in [0.717, 1.165) is 24.8 Å². The van der Waals surface area contributed by atoms with Crippen molar-refractivity contribution in [3.8, 4) is 0 Å². The molecule has 13 heteroatoms. The second-order valence-electron chi connectivity index (χ2n) is 13.6. The predicted octanol–water partition coefficient (Wildman–Crippen LogP) is 2.97. The van der Waals surface area contributed by atoms with E-state index in [2.05, 4.69) is 17.1 Å². The van der Waals surface area contributed by atoms with Gasteiger partial charge in [0.25, 0.3) is 5.09 Å². The maximum Gasteiger partial charge on any atom is 0.326 e. The van der Waals surface area contributed by atoms with Crippen molar-refractivity contribution in [2.24, 2.45) is 40.4 Å². The second-order valence-corrected chi connectivity index (χ2v) is 13.6. The highest BCUT2D eigenvalue weighted by Crippen LogP contribution is 2.67. The van der Waals surface area contributed by atoms with Gasteiger partial charge in [0.2, 0.25) is 5.91 Å². The molecule has 9 unspecified atom stereocenters. The minimum absolute atomic E-state index is 0.0115. The largest absolute Gasteiger partial charge is 0.480 e. The Labute approximate surface area is 261 Å². The van der Waals surface area contributed by atoms with Crippen molar-refractivity contribution >= 4 is 29.4 Å². The van der Waals surface area contributed by atoms with Crippen LogP contribution >= 0.6 is 0 Å². The van der Waals surface area contributed by atoms with Crippen LogP contribution in [0, 0.1) is 50.5 Å². The lowest BCUT2D eigenvalue weighted by Gasteiger charge is -2.58. The number of carbonyl (C=O) groups excluding carboxylic acids is 4. The van der Waals surface area contributed by atoms with Crippen LogP contribution < -0.4 is 5.32 Å². The number of carboxylic acid groups (broad SMARTS) is 1. The van der Waals surface area contributed by atoms with Crippen molar-refractivity contribution in [3.63, 3.8) is 0 Å². The Hall–Kier alpha value is -3.61. The Kier molecular flexibility index (Phi) is 10.5. The molecule has 3 saturated carbocycles. The molecule has 0 heterocycles. The molecule has 0 aromatic rings. The van der Waals surface area contributed by atoms with Crippen molar-refractivity contribution in [3.05, 3.63) is 33.9 Å². The van der Waals surface area contributed by atoms with Crippen molar-refractivity contribution < 1.29 is 48.8 Å². The molecule has 0 saturated heterocycles. The van der Waals surface area contributed by atoms with Crippen molar-refractivity contribution in [2.75, 3.05) is 13.2 Å². The number of aliphatic carboxylic acids is 1. The number of carbonyl (C=O) groups is 5. The molecule has 1 amide bonds. The number of hydrogen-bond acceptors (Lipinski definition) is 10. The van der Waals surface area contributed by atoms with Crippen LogP contribution in [0.15, 0.2) is 23.8 Å². The number of aliphatic hydroxyl groups excluding tert-OH is 1. The Morgan fingerprint density at radius 3 is 2.62 bits per heavy atom.